The Morgan fingerprint density at radius 3 is 2.45 bits per heavy atom. The molecule has 1 unspecified atom stereocenters. The van der Waals surface area contributed by atoms with Gasteiger partial charge in [-0.25, -0.2) is 4.39 Å². The van der Waals surface area contributed by atoms with Gasteiger partial charge in [0, 0.05) is 11.1 Å². The van der Waals surface area contributed by atoms with Gasteiger partial charge in [-0.1, -0.05) is 37.3 Å². The molecule has 1 aromatic rings. The molecule has 20 heavy (non-hydrogen) atoms. The van der Waals surface area contributed by atoms with Gasteiger partial charge in [0.15, 0.2) is 0 Å². The summed E-state index contributed by atoms with van der Waals surface area (Å²) in [5, 5.41) is 3.54. The normalized spacial score (nSPS) is 18.5. The number of nitrogens with two attached hydrogens (primary N) is 1. The summed E-state index contributed by atoms with van der Waals surface area (Å²) in [5.41, 5.74) is 5.95. The van der Waals surface area contributed by atoms with Gasteiger partial charge in [0.2, 0.25) is 5.91 Å². The minimum Gasteiger partial charge on any atom is -0.368 e. The predicted octanol–water partition coefficient (Wildman–Crippen LogP) is 3.32. The predicted molar refractivity (Wildman–Crippen MR) is 78.0 cm³/mol. The number of amides is 1. The molecule has 0 radical (unpaired) electrons. The Kier molecular flexibility index (Phi) is 5.38. The molecule has 1 aromatic carbocycles. The number of nitrogens with one attached hydrogen (secondary N) is 1. The van der Waals surface area contributed by atoms with Crippen molar-refractivity contribution >= 4 is 17.5 Å². The summed E-state index contributed by atoms with van der Waals surface area (Å²) in [6.07, 6.45) is 6.79. The van der Waals surface area contributed by atoms with Crippen LogP contribution in [0.4, 0.5) is 4.39 Å². The number of halogens is 2. The van der Waals surface area contributed by atoms with Crippen LogP contribution in [-0.4, -0.2) is 11.9 Å². The summed E-state index contributed by atoms with van der Waals surface area (Å²) in [4.78, 5) is 11.7. The van der Waals surface area contributed by atoms with Crippen LogP contribution in [0.5, 0.6) is 0 Å². The lowest BCUT2D eigenvalue weighted by atomic mass is 10.0. The lowest BCUT2D eigenvalue weighted by Gasteiger charge is -2.23. The van der Waals surface area contributed by atoms with Gasteiger partial charge in [0.25, 0.3) is 0 Å². The standard InChI is InChI=1S/C15H20ClFN2O/c16-11-7-10(8-12(17)9-11)14(15(18)20)19-13-5-3-1-2-4-6-13/h7-9,13-14,19H,1-6H2,(H2,18,20). The van der Waals surface area contributed by atoms with E-state index in [1.54, 1.807) is 6.07 Å². The van der Waals surface area contributed by atoms with Crippen LogP contribution < -0.4 is 11.1 Å². The Bertz CT molecular complexity index is 453. The van der Waals surface area contributed by atoms with Crippen molar-refractivity contribution in [2.75, 3.05) is 0 Å². The van der Waals surface area contributed by atoms with Crippen molar-refractivity contribution in [1.82, 2.24) is 5.32 Å². The third kappa shape index (κ3) is 4.18. The molecule has 0 saturated heterocycles. The SMILES string of the molecule is NC(=O)C(NC1CCCCCC1)c1cc(F)cc(Cl)c1. The van der Waals surface area contributed by atoms with Gasteiger partial charge in [-0.3, -0.25) is 10.1 Å². The molecule has 5 heteroatoms. The summed E-state index contributed by atoms with van der Waals surface area (Å²) in [6, 6.07) is 3.67. The van der Waals surface area contributed by atoms with Crippen LogP contribution in [0.3, 0.4) is 0 Å². The van der Waals surface area contributed by atoms with Gasteiger partial charge in [-0.05, 0) is 36.6 Å². The van der Waals surface area contributed by atoms with Crippen LogP contribution in [-0.2, 0) is 4.79 Å². The topological polar surface area (TPSA) is 55.1 Å². The maximum atomic E-state index is 13.4. The van der Waals surface area contributed by atoms with Crippen LogP contribution in [0, 0.1) is 5.82 Å². The van der Waals surface area contributed by atoms with Gasteiger partial charge in [0.1, 0.15) is 11.9 Å². The average Bonchev–Trinajstić information content (AvgIpc) is 2.62. The second-order valence-corrected chi connectivity index (χ2v) is 5.83. The molecule has 1 fully saturated rings. The van der Waals surface area contributed by atoms with E-state index >= 15 is 0 Å². The molecule has 0 aromatic heterocycles. The molecule has 0 heterocycles. The zero-order valence-corrected chi connectivity index (χ0v) is 12.1. The molecular formula is C15H20ClFN2O. The maximum Gasteiger partial charge on any atom is 0.239 e. The minimum absolute atomic E-state index is 0.247. The third-order valence-corrected chi connectivity index (χ3v) is 3.98. The number of rotatable bonds is 4. The van der Waals surface area contributed by atoms with Crippen molar-refractivity contribution in [2.24, 2.45) is 5.73 Å². The van der Waals surface area contributed by atoms with Crippen LogP contribution >= 0.6 is 11.6 Å². The lowest BCUT2D eigenvalue weighted by molar-refractivity contribution is -0.120. The monoisotopic (exact) mass is 298 g/mol. The molecule has 1 saturated carbocycles. The number of hydrogen-bond donors (Lipinski definition) is 2. The molecular weight excluding hydrogens is 279 g/mol. The summed E-state index contributed by atoms with van der Waals surface area (Å²) in [6.45, 7) is 0. The molecule has 110 valence electrons. The Hall–Kier alpha value is -1.13. The van der Waals surface area contributed by atoms with Gasteiger partial charge >= 0.3 is 0 Å². The van der Waals surface area contributed by atoms with Crippen molar-refractivity contribution in [3.05, 3.63) is 34.6 Å². The Balaban J connectivity index is 2.15. The van der Waals surface area contributed by atoms with E-state index < -0.39 is 17.8 Å². The minimum atomic E-state index is -0.689. The van der Waals surface area contributed by atoms with Crippen LogP contribution in [0.1, 0.15) is 50.1 Å². The summed E-state index contributed by atoms with van der Waals surface area (Å²) in [5.74, 6) is -0.961. The molecule has 3 N–H and O–H groups in total. The highest BCUT2D eigenvalue weighted by atomic mass is 35.5. The van der Waals surface area contributed by atoms with E-state index in [0.717, 1.165) is 25.7 Å². The van der Waals surface area contributed by atoms with E-state index in [1.807, 2.05) is 0 Å². The Morgan fingerprint density at radius 1 is 1.25 bits per heavy atom. The van der Waals surface area contributed by atoms with Crippen molar-refractivity contribution in [3.63, 3.8) is 0 Å². The van der Waals surface area contributed by atoms with Crippen LogP contribution in [0.2, 0.25) is 5.02 Å². The zero-order chi connectivity index (χ0) is 14.5. The number of carbonyl (C=O) groups is 1. The average molecular weight is 299 g/mol. The van der Waals surface area contributed by atoms with E-state index in [1.165, 1.54) is 25.0 Å². The Morgan fingerprint density at radius 2 is 1.90 bits per heavy atom. The summed E-state index contributed by atoms with van der Waals surface area (Å²) in [7, 11) is 0. The Labute approximate surface area is 123 Å². The molecule has 1 aliphatic rings. The third-order valence-electron chi connectivity index (χ3n) is 3.76. The van der Waals surface area contributed by atoms with Crippen LogP contribution in [0.25, 0.3) is 0 Å². The lowest BCUT2D eigenvalue weighted by Crippen LogP contribution is -2.40. The quantitative estimate of drug-likeness (QED) is 0.838. The molecule has 3 nitrogen and oxygen atoms in total. The first kappa shape index (κ1) is 15.3. The van der Waals surface area contributed by atoms with Gasteiger partial charge < -0.3 is 5.73 Å². The second-order valence-electron chi connectivity index (χ2n) is 5.39. The first-order valence-electron chi connectivity index (χ1n) is 7.07. The number of primary amides is 1. The molecule has 0 aliphatic heterocycles. The van der Waals surface area contributed by atoms with E-state index in [4.69, 9.17) is 17.3 Å². The van der Waals surface area contributed by atoms with E-state index in [9.17, 15) is 9.18 Å². The smallest absolute Gasteiger partial charge is 0.239 e. The van der Waals surface area contributed by atoms with Crippen LogP contribution in [0.15, 0.2) is 18.2 Å². The fourth-order valence-electron chi connectivity index (χ4n) is 2.77. The van der Waals surface area contributed by atoms with Gasteiger partial charge in [-0.15, -0.1) is 0 Å². The van der Waals surface area contributed by atoms with Gasteiger partial charge in [0.05, 0.1) is 0 Å². The number of carbonyl (C=O) groups excluding carboxylic acids is 1. The second kappa shape index (κ2) is 7.04. The van der Waals surface area contributed by atoms with Crippen molar-refractivity contribution in [1.29, 1.82) is 0 Å². The molecule has 0 spiro atoms. The highest BCUT2D eigenvalue weighted by Crippen LogP contribution is 2.24. The highest BCUT2D eigenvalue weighted by molar-refractivity contribution is 6.30. The fraction of sp³-hybridized carbons (Fsp3) is 0.533. The molecule has 2 rings (SSSR count). The summed E-state index contributed by atoms with van der Waals surface area (Å²) >= 11 is 5.85. The fourth-order valence-corrected chi connectivity index (χ4v) is 3.00. The van der Waals surface area contributed by atoms with Crippen molar-refractivity contribution < 1.29 is 9.18 Å². The number of hydrogen-bond acceptors (Lipinski definition) is 2. The highest BCUT2D eigenvalue weighted by Gasteiger charge is 2.23. The molecule has 1 aliphatic carbocycles. The zero-order valence-electron chi connectivity index (χ0n) is 11.4. The number of benzene rings is 1. The first-order valence-corrected chi connectivity index (χ1v) is 7.45. The van der Waals surface area contributed by atoms with E-state index in [-0.39, 0.29) is 11.1 Å². The van der Waals surface area contributed by atoms with Gasteiger partial charge in [-0.2, -0.15) is 0 Å². The molecule has 1 atom stereocenters. The summed E-state index contributed by atoms with van der Waals surface area (Å²) < 4.78 is 13.4. The molecule has 0 bridgehead atoms. The largest absolute Gasteiger partial charge is 0.368 e. The van der Waals surface area contributed by atoms with Crippen molar-refractivity contribution in [3.8, 4) is 0 Å². The van der Waals surface area contributed by atoms with E-state index in [2.05, 4.69) is 5.32 Å². The maximum absolute atomic E-state index is 13.4. The van der Waals surface area contributed by atoms with Crippen molar-refractivity contribution in [2.45, 2.75) is 50.6 Å². The van der Waals surface area contributed by atoms with E-state index in [0.29, 0.717) is 5.56 Å². The molecule has 1 amide bonds. The first-order chi connectivity index (χ1) is 9.56.